The predicted molar refractivity (Wildman–Crippen MR) is 127 cm³/mol. The summed E-state index contributed by atoms with van der Waals surface area (Å²) in [7, 11) is 0. The first kappa shape index (κ1) is 20.4. The van der Waals surface area contributed by atoms with E-state index < -0.39 is 0 Å². The van der Waals surface area contributed by atoms with Gasteiger partial charge in [0.25, 0.3) is 5.91 Å². The zero-order chi connectivity index (χ0) is 20.5. The van der Waals surface area contributed by atoms with Crippen molar-refractivity contribution >= 4 is 77.6 Å². The molecule has 4 rings (SSSR count). The van der Waals surface area contributed by atoms with Gasteiger partial charge >= 0.3 is 0 Å². The van der Waals surface area contributed by atoms with Gasteiger partial charge in [0, 0.05) is 30.6 Å². The van der Waals surface area contributed by atoms with Gasteiger partial charge in [-0.25, -0.2) is 4.98 Å². The van der Waals surface area contributed by atoms with Crippen LogP contribution in [0, 0.1) is 0 Å². The molecule has 0 fully saturated rings. The van der Waals surface area contributed by atoms with Gasteiger partial charge in [0.2, 0.25) is 0 Å². The molecule has 0 spiro atoms. The number of halogens is 4. The Morgan fingerprint density at radius 2 is 1.69 bits per heavy atom. The van der Waals surface area contributed by atoms with E-state index in [9.17, 15) is 4.79 Å². The van der Waals surface area contributed by atoms with Crippen LogP contribution in [0.3, 0.4) is 0 Å². The van der Waals surface area contributed by atoms with Crippen molar-refractivity contribution < 1.29 is 4.79 Å². The number of amides is 1. The fourth-order valence-electron chi connectivity index (χ4n) is 2.97. The molecule has 0 unspecified atom stereocenters. The van der Waals surface area contributed by atoms with Crippen molar-refractivity contribution in [1.82, 2.24) is 4.98 Å². The lowest BCUT2D eigenvalue weighted by molar-refractivity contribution is 0.102. The Hall–Kier alpha value is -1.92. The number of anilines is 1. The van der Waals surface area contributed by atoms with Crippen LogP contribution in [0.15, 0.2) is 75.7 Å². The van der Waals surface area contributed by atoms with Crippen molar-refractivity contribution in [2.24, 2.45) is 0 Å². The Kier molecular flexibility index (Phi) is 5.93. The summed E-state index contributed by atoms with van der Waals surface area (Å²) in [5.74, 6) is -0.232. The lowest BCUT2D eigenvalue weighted by Gasteiger charge is -2.12. The average Bonchev–Trinajstić information content (AvgIpc) is 2.70. The molecule has 0 saturated carbocycles. The zero-order valence-electron chi connectivity index (χ0n) is 14.7. The number of nitrogens with zero attached hydrogens (tertiary/aromatic N) is 1. The van der Waals surface area contributed by atoms with Crippen LogP contribution in [0.4, 0.5) is 5.69 Å². The monoisotopic (exact) mass is 548 g/mol. The predicted octanol–water partition coefficient (Wildman–Crippen LogP) is 7.99. The number of fused-ring (bicyclic) bond motifs is 1. The van der Waals surface area contributed by atoms with Crippen molar-refractivity contribution in [3.05, 3.63) is 91.3 Å². The minimum atomic E-state index is -0.232. The van der Waals surface area contributed by atoms with Gasteiger partial charge < -0.3 is 5.32 Å². The van der Waals surface area contributed by atoms with Gasteiger partial charge in [-0.2, -0.15) is 0 Å². The highest BCUT2D eigenvalue weighted by atomic mass is 79.9. The first-order valence-electron chi connectivity index (χ1n) is 8.54. The summed E-state index contributed by atoms with van der Waals surface area (Å²) in [5.41, 5.74) is 3.21. The number of aromatic nitrogens is 1. The lowest BCUT2D eigenvalue weighted by atomic mass is 10.0. The molecule has 7 heteroatoms. The average molecular weight is 551 g/mol. The van der Waals surface area contributed by atoms with E-state index in [1.54, 1.807) is 24.3 Å². The molecule has 1 N–H and O–H groups in total. The number of benzene rings is 3. The quantitative estimate of drug-likeness (QED) is 0.281. The number of hydrogen-bond donors (Lipinski definition) is 1. The van der Waals surface area contributed by atoms with Crippen LogP contribution in [0.2, 0.25) is 10.0 Å². The van der Waals surface area contributed by atoms with E-state index in [0.29, 0.717) is 38.1 Å². The Balaban J connectivity index is 1.82. The highest BCUT2D eigenvalue weighted by molar-refractivity contribution is 9.13. The van der Waals surface area contributed by atoms with Gasteiger partial charge in [-0.1, -0.05) is 41.4 Å². The summed E-state index contributed by atoms with van der Waals surface area (Å²) in [4.78, 5) is 17.8. The summed E-state index contributed by atoms with van der Waals surface area (Å²) in [6.45, 7) is 0. The van der Waals surface area contributed by atoms with Crippen LogP contribution in [0.1, 0.15) is 10.4 Å². The van der Waals surface area contributed by atoms with Crippen molar-refractivity contribution in [2.45, 2.75) is 0 Å². The summed E-state index contributed by atoms with van der Waals surface area (Å²) < 4.78 is 1.76. The number of hydrogen-bond acceptors (Lipinski definition) is 2. The number of carbonyl (C=O) groups excluding carboxylic acids is 1. The highest BCUT2D eigenvalue weighted by Crippen LogP contribution is 2.32. The Bertz CT molecular complexity index is 1260. The molecule has 0 aliphatic carbocycles. The third-order valence-electron chi connectivity index (χ3n) is 4.35. The van der Waals surface area contributed by atoms with Gasteiger partial charge in [0.15, 0.2) is 0 Å². The number of rotatable bonds is 3. The van der Waals surface area contributed by atoms with Gasteiger partial charge in [0.05, 0.1) is 21.8 Å². The molecule has 1 heterocycles. The summed E-state index contributed by atoms with van der Waals surface area (Å²) in [5, 5.41) is 4.72. The summed E-state index contributed by atoms with van der Waals surface area (Å²) in [6.07, 6.45) is 0. The standard InChI is InChI=1S/C22H12Br2Cl2N2O/c23-17-8-6-13(10-18(17)24)27-22(29)16-11-21(15-7-5-12(25)9-19(15)26)28-20-4-2-1-3-14(16)20/h1-11H,(H,27,29). The maximum Gasteiger partial charge on any atom is 0.256 e. The molecule has 3 aromatic carbocycles. The van der Waals surface area contributed by atoms with Gasteiger partial charge in [-0.3, -0.25) is 4.79 Å². The van der Waals surface area contributed by atoms with Crippen molar-refractivity contribution in [1.29, 1.82) is 0 Å². The van der Waals surface area contributed by atoms with Crippen molar-refractivity contribution in [2.75, 3.05) is 5.32 Å². The Morgan fingerprint density at radius 3 is 2.45 bits per heavy atom. The molecule has 0 bridgehead atoms. The van der Waals surface area contributed by atoms with Crippen LogP contribution in [0.25, 0.3) is 22.2 Å². The second-order valence-electron chi connectivity index (χ2n) is 6.28. The second kappa shape index (κ2) is 8.44. The first-order chi connectivity index (χ1) is 13.9. The zero-order valence-corrected chi connectivity index (χ0v) is 19.4. The van der Waals surface area contributed by atoms with Gasteiger partial charge in [-0.15, -0.1) is 0 Å². The van der Waals surface area contributed by atoms with E-state index in [2.05, 4.69) is 37.2 Å². The largest absolute Gasteiger partial charge is 0.322 e. The SMILES string of the molecule is O=C(Nc1ccc(Br)c(Br)c1)c1cc(-c2ccc(Cl)cc2Cl)nc2ccccc12. The van der Waals surface area contributed by atoms with Crippen LogP contribution in [-0.2, 0) is 0 Å². The molecule has 3 nitrogen and oxygen atoms in total. The Labute approximate surface area is 194 Å². The van der Waals surface area contributed by atoms with Crippen molar-refractivity contribution in [3.8, 4) is 11.3 Å². The first-order valence-corrected chi connectivity index (χ1v) is 10.9. The molecule has 29 heavy (non-hydrogen) atoms. The van der Waals surface area contributed by atoms with E-state index in [0.717, 1.165) is 14.3 Å². The summed E-state index contributed by atoms with van der Waals surface area (Å²) in [6, 6.07) is 20.0. The van der Waals surface area contributed by atoms with Gasteiger partial charge in [0.1, 0.15) is 0 Å². The minimum Gasteiger partial charge on any atom is -0.322 e. The minimum absolute atomic E-state index is 0.232. The molecule has 0 radical (unpaired) electrons. The molecular formula is C22H12Br2Cl2N2O. The van der Waals surface area contributed by atoms with Crippen LogP contribution < -0.4 is 5.32 Å². The Morgan fingerprint density at radius 1 is 0.897 bits per heavy atom. The second-order valence-corrected chi connectivity index (χ2v) is 8.83. The lowest BCUT2D eigenvalue weighted by Crippen LogP contribution is -2.13. The van der Waals surface area contributed by atoms with E-state index in [-0.39, 0.29) is 5.91 Å². The van der Waals surface area contributed by atoms with E-state index >= 15 is 0 Å². The molecule has 0 aliphatic rings. The number of pyridine rings is 1. The molecule has 1 aromatic heterocycles. The molecule has 0 saturated heterocycles. The molecule has 1 amide bonds. The third-order valence-corrected chi connectivity index (χ3v) is 6.77. The normalized spacial score (nSPS) is 10.9. The maximum atomic E-state index is 13.1. The molecule has 4 aromatic rings. The molecular weight excluding hydrogens is 539 g/mol. The van der Waals surface area contributed by atoms with E-state index in [1.165, 1.54) is 0 Å². The van der Waals surface area contributed by atoms with Crippen molar-refractivity contribution in [3.63, 3.8) is 0 Å². The fourth-order valence-corrected chi connectivity index (χ4v) is 4.10. The molecule has 0 aliphatic heterocycles. The highest BCUT2D eigenvalue weighted by Gasteiger charge is 2.16. The molecule has 0 atom stereocenters. The fraction of sp³-hybridized carbons (Fsp3) is 0. The smallest absolute Gasteiger partial charge is 0.256 e. The number of carbonyl (C=O) groups is 1. The summed E-state index contributed by atoms with van der Waals surface area (Å²) >= 11 is 19.3. The van der Waals surface area contributed by atoms with Crippen LogP contribution in [0.5, 0.6) is 0 Å². The topological polar surface area (TPSA) is 42.0 Å². The van der Waals surface area contributed by atoms with Gasteiger partial charge in [-0.05, 0) is 80.4 Å². The van der Waals surface area contributed by atoms with Crippen LogP contribution in [-0.4, -0.2) is 10.9 Å². The van der Waals surface area contributed by atoms with Crippen LogP contribution >= 0.6 is 55.1 Å². The number of nitrogens with one attached hydrogen (secondary N) is 1. The molecule has 144 valence electrons. The number of para-hydroxylation sites is 1. The maximum absolute atomic E-state index is 13.1. The van der Waals surface area contributed by atoms with E-state index in [1.807, 2.05) is 42.5 Å². The van der Waals surface area contributed by atoms with E-state index in [4.69, 9.17) is 28.2 Å². The third kappa shape index (κ3) is 4.33.